The monoisotopic (exact) mass is 281 g/mol. The van der Waals surface area contributed by atoms with Crippen LogP contribution in [0.25, 0.3) is 11.1 Å². The zero-order chi connectivity index (χ0) is 14.8. The lowest BCUT2D eigenvalue weighted by atomic mass is 10.0. The topological polar surface area (TPSA) is 30.7 Å². The second kappa shape index (κ2) is 5.48. The van der Waals surface area contributed by atoms with Crippen molar-refractivity contribution < 1.29 is 4.39 Å². The minimum absolute atomic E-state index is 0.217. The van der Waals surface area contributed by atoms with Crippen molar-refractivity contribution >= 4 is 0 Å². The fraction of sp³-hybridized carbons (Fsp3) is 0.176. The van der Waals surface area contributed by atoms with Crippen molar-refractivity contribution in [1.82, 2.24) is 14.8 Å². The number of rotatable bonds is 3. The summed E-state index contributed by atoms with van der Waals surface area (Å²) in [6.07, 6.45) is 0. The number of aryl methyl sites for hydroxylation is 2. The smallest absolute Gasteiger partial charge is 0.147 e. The van der Waals surface area contributed by atoms with Crippen molar-refractivity contribution in [1.29, 1.82) is 0 Å². The highest BCUT2D eigenvalue weighted by molar-refractivity contribution is 5.63. The van der Waals surface area contributed by atoms with Gasteiger partial charge in [0, 0.05) is 0 Å². The average Bonchev–Trinajstić information content (AvgIpc) is 2.78. The third kappa shape index (κ3) is 2.99. The molecular weight excluding hydrogens is 265 g/mol. The molecule has 0 saturated carbocycles. The third-order valence-electron chi connectivity index (χ3n) is 3.41. The lowest BCUT2D eigenvalue weighted by molar-refractivity contribution is 0.628. The Kier molecular flexibility index (Phi) is 3.52. The first-order valence-electron chi connectivity index (χ1n) is 6.85. The van der Waals surface area contributed by atoms with Crippen LogP contribution in [-0.4, -0.2) is 14.8 Å². The molecule has 0 unspecified atom stereocenters. The summed E-state index contributed by atoms with van der Waals surface area (Å²) in [6.45, 7) is 4.52. The molecule has 0 aliphatic heterocycles. The number of aromatic nitrogens is 3. The van der Waals surface area contributed by atoms with E-state index in [0.29, 0.717) is 6.54 Å². The van der Waals surface area contributed by atoms with Gasteiger partial charge in [0.25, 0.3) is 0 Å². The van der Waals surface area contributed by atoms with E-state index in [1.165, 1.54) is 6.07 Å². The molecule has 3 rings (SSSR count). The Bertz CT molecular complexity index is 760. The molecule has 106 valence electrons. The summed E-state index contributed by atoms with van der Waals surface area (Å²) in [5.74, 6) is 1.47. The van der Waals surface area contributed by atoms with Crippen LogP contribution in [0.5, 0.6) is 0 Å². The predicted molar refractivity (Wildman–Crippen MR) is 80.4 cm³/mol. The van der Waals surface area contributed by atoms with E-state index in [1.807, 2.05) is 48.9 Å². The average molecular weight is 281 g/mol. The van der Waals surface area contributed by atoms with Crippen LogP contribution in [0.3, 0.4) is 0 Å². The highest BCUT2D eigenvalue weighted by atomic mass is 19.1. The van der Waals surface area contributed by atoms with Gasteiger partial charge < -0.3 is 0 Å². The molecule has 0 bridgehead atoms. The molecule has 0 fully saturated rings. The van der Waals surface area contributed by atoms with Gasteiger partial charge in [-0.3, -0.25) is 0 Å². The molecule has 21 heavy (non-hydrogen) atoms. The van der Waals surface area contributed by atoms with E-state index in [9.17, 15) is 4.39 Å². The van der Waals surface area contributed by atoms with E-state index in [-0.39, 0.29) is 5.82 Å². The van der Waals surface area contributed by atoms with Gasteiger partial charge >= 0.3 is 0 Å². The number of hydrogen-bond acceptors (Lipinski definition) is 2. The molecule has 0 amide bonds. The lowest BCUT2D eigenvalue weighted by Gasteiger charge is -2.06. The predicted octanol–water partition coefficient (Wildman–Crippen LogP) is 3.75. The molecule has 4 heteroatoms. The van der Waals surface area contributed by atoms with Crippen LogP contribution in [0, 0.1) is 19.7 Å². The second-order valence-corrected chi connectivity index (χ2v) is 5.07. The van der Waals surface area contributed by atoms with Crippen LogP contribution in [-0.2, 0) is 6.54 Å². The summed E-state index contributed by atoms with van der Waals surface area (Å²) < 4.78 is 15.1. The van der Waals surface area contributed by atoms with E-state index in [2.05, 4.69) is 10.1 Å². The first kappa shape index (κ1) is 13.5. The lowest BCUT2D eigenvalue weighted by Crippen LogP contribution is -2.04. The number of benzene rings is 2. The van der Waals surface area contributed by atoms with Crippen LogP contribution in [0.2, 0.25) is 0 Å². The van der Waals surface area contributed by atoms with Gasteiger partial charge in [-0.1, -0.05) is 36.4 Å². The van der Waals surface area contributed by atoms with Crippen molar-refractivity contribution in [3.8, 4) is 11.1 Å². The fourth-order valence-electron chi connectivity index (χ4n) is 2.35. The van der Waals surface area contributed by atoms with Gasteiger partial charge in [-0.2, -0.15) is 5.10 Å². The summed E-state index contributed by atoms with van der Waals surface area (Å²) in [7, 11) is 0. The zero-order valence-corrected chi connectivity index (χ0v) is 12.0. The Morgan fingerprint density at radius 2 is 1.76 bits per heavy atom. The Labute approximate surface area is 123 Å². The molecule has 0 atom stereocenters. The Balaban J connectivity index is 1.82. The minimum Gasteiger partial charge on any atom is -0.246 e. The molecule has 3 nitrogen and oxygen atoms in total. The zero-order valence-electron chi connectivity index (χ0n) is 12.0. The molecule has 1 heterocycles. The van der Waals surface area contributed by atoms with Crippen molar-refractivity contribution in [3.05, 3.63) is 71.6 Å². The highest BCUT2D eigenvalue weighted by Crippen LogP contribution is 2.20. The van der Waals surface area contributed by atoms with E-state index in [1.54, 1.807) is 12.1 Å². The van der Waals surface area contributed by atoms with Crippen LogP contribution in [0.15, 0.2) is 48.5 Å². The molecule has 0 aliphatic rings. The number of hydrogen-bond donors (Lipinski definition) is 0. The maximum atomic E-state index is 13.2. The molecule has 0 spiro atoms. The van der Waals surface area contributed by atoms with Crippen LogP contribution in [0.4, 0.5) is 4.39 Å². The summed E-state index contributed by atoms with van der Waals surface area (Å²) in [5, 5.41) is 4.35. The minimum atomic E-state index is -0.217. The molecule has 3 aromatic rings. The maximum absolute atomic E-state index is 13.2. The summed E-state index contributed by atoms with van der Waals surface area (Å²) >= 11 is 0. The van der Waals surface area contributed by atoms with Crippen molar-refractivity contribution in [3.63, 3.8) is 0 Å². The third-order valence-corrected chi connectivity index (χ3v) is 3.41. The van der Waals surface area contributed by atoms with Crippen LogP contribution < -0.4 is 0 Å². The Morgan fingerprint density at radius 1 is 1.00 bits per heavy atom. The van der Waals surface area contributed by atoms with Gasteiger partial charge in [0.2, 0.25) is 0 Å². The van der Waals surface area contributed by atoms with Gasteiger partial charge in [0.05, 0.1) is 6.54 Å². The summed E-state index contributed by atoms with van der Waals surface area (Å²) in [5.41, 5.74) is 3.03. The van der Waals surface area contributed by atoms with Crippen LogP contribution >= 0.6 is 0 Å². The van der Waals surface area contributed by atoms with E-state index in [4.69, 9.17) is 0 Å². The molecule has 2 aromatic carbocycles. The van der Waals surface area contributed by atoms with Crippen molar-refractivity contribution in [2.45, 2.75) is 20.4 Å². The van der Waals surface area contributed by atoms with Gasteiger partial charge in [-0.25, -0.2) is 14.1 Å². The molecule has 0 N–H and O–H groups in total. The van der Waals surface area contributed by atoms with Crippen molar-refractivity contribution in [2.75, 3.05) is 0 Å². The summed E-state index contributed by atoms with van der Waals surface area (Å²) in [6, 6.07) is 14.7. The molecular formula is C17H16FN3. The molecule has 0 radical (unpaired) electrons. The normalized spacial score (nSPS) is 10.8. The Morgan fingerprint density at radius 3 is 2.38 bits per heavy atom. The van der Waals surface area contributed by atoms with Crippen LogP contribution in [0.1, 0.15) is 17.2 Å². The first-order chi connectivity index (χ1) is 10.1. The van der Waals surface area contributed by atoms with Gasteiger partial charge in [0.15, 0.2) is 0 Å². The largest absolute Gasteiger partial charge is 0.246 e. The molecule has 1 aromatic heterocycles. The molecule has 0 saturated heterocycles. The van der Waals surface area contributed by atoms with E-state index < -0.39 is 0 Å². The number of halogens is 1. The quantitative estimate of drug-likeness (QED) is 0.732. The molecule has 0 aliphatic carbocycles. The van der Waals surface area contributed by atoms with Gasteiger partial charge in [0.1, 0.15) is 17.5 Å². The maximum Gasteiger partial charge on any atom is 0.147 e. The van der Waals surface area contributed by atoms with Crippen molar-refractivity contribution in [2.24, 2.45) is 0 Å². The highest BCUT2D eigenvalue weighted by Gasteiger charge is 2.04. The first-order valence-corrected chi connectivity index (χ1v) is 6.85. The van der Waals surface area contributed by atoms with Gasteiger partial charge in [-0.15, -0.1) is 0 Å². The number of nitrogens with zero attached hydrogens (tertiary/aromatic N) is 3. The SMILES string of the molecule is Cc1nc(C)n(Cc2ccc(-c3cccc(F)c3)cc2)n1. The fourth-order valence-corrected chi connectivity index (χ4v) is 2.35. The van der Waals surface area contributed by atoms with Gasteiger partial charge in [-0.05, 0) is 42.7 Å². The summed E-state index contributed by atoms with van der Waals surface area (Å²) in [4.78, 5) is 4.29. The van der Waals surface area contributed by atoms with E-state index in [0.717, 1.165) is 28.3 Å². The van der Waals surface area contributed by atoms with E-state index >= 15 is 0 Å². The second-order valence-electron chi connectivity index (χ2n) is 5.07. The standard InChI is InChI=1S/C17H16FN3/c1-12-19-13(2)21(20-12)11-14-6-8-15(9-7-14)16-4-3-5-17(18)10-16/h3-10H,11H2,1-2H3. The Hall–Kier alpha value is -2.49.